The third-order valence-corrected chi connectivity index (χ3v) is 5.76. The molecule has 0 fully saturated rings. The molecule has 0 atom stereocenters. The van der Waals surface area contributed by atoms with E-state index in [2.05, 4.69) is 4.98 Å². The second-order valence-corrected chi connectivity index (χ2v) is 7.94. The molecule has 0 aliphatic heterocycles. The second kappa shape index (κ2) is 7.64. The van der Waals surface area contributed by atoms with Crippen LogP contribution >= 0.6 is 22.9 Å². The summed E-state index contributed by atoms with van der Waals surface area (Å²) in [5.74, 6) is 0.0168. The van der Waals surface area contributed by atoms with E-state index in [1.54, 1.807) is 11.3 Å². The van der Waals surface area contributed by atoms with Gasteiger partial charge in [-0.3, -0.25) is 4.79 Å². The number of fused-ring (bicyclic) bond motifs is 1. The van der Waals surface area contributed by atoms with Crippen molar-refractivity contribution in [2.24, 2.45) is 0 Å². The summed E-state index contributed by atoms with van der Waals surface area (Å²) in [4.78, 5) is 15.3. The van der Waals surface area contributed by atoms with Crippen molar-refractivity contribution in [3.63, 3.8) is 0 Å². The molecule has 6 heteroatoms. The SMILES string of the molecule is Cc1nc2cc(Cl)cc(COc3ccc(CCC(=O)O)c(C)c3C)c2s1. The molecule has 0 aliphatic rings. The summed E-state index contributed by atoms with van der Waals surface area (Å²) in [7, 11) is 0. The minimum Gasteiger partial charge on any atom is -0.489 e. The van der Waals surface area contributed by atoms with Crippen LogP contribution in [0.3, 0.4) is 0 Å². The van der Waals surface area contributed by atoms with Gasteiger partial charge >= 0.3 is 5.97 Å². The van der Waals surface area contributed by atoms with Crippen LogP contribution in [-0.2, 0) is 17.8 Å². The highest BCUT2D eigenvalue weighted by molar-refractivity contribution is 7.18. The van der Waals surface area contributed by atoms with Crippen LogP contribution in [0.2, 0.25) is 5.02 Å². The highest BCUT2D eigenvalue weighted by Gasteiger charge is 2.12. The maximum atomic E-state index is 10.8. The predicted octanol–water partition coefficient (Wildman–Crippen LogP) is 5.47. The molecule has 0 bridgehead atoms. The van der Waals surface area contributed by atoms with E-state index in [-0.39, 0.29) is 6.42 Å². The number of benzene rings is 2. The molecular weight excluding hydrogens is 370 g/mol. The second-order valence-electron chi connectivity index (χ2n) is 6.30. The maximum absolute atomic E-state index is 10.8. The largest absolute Gasteiger partial charge is 0.489 e. The predicted molar refractivity (Wildman–Crippen MR) is 106 cm³/mol. The topological polar surface area (TPSA) is 59.4 Å². The molecule has 0 aliphatic carbocycles. The first-order valence-electron chi connectivity index (χ1n) is 8.34. The summed E-state index contributed by atoms with van der Waals surface area (Å²) >= 11 is 7.85. The molecule has 0 spiro atoms. The molecule has 136 valence electrons. The number of nitrogens with zero attached hydrogens (tertiary/aromatic N) is 1. The van der Waals surface area contributed by atoms with Gasteiger partial charge in [0.15, 0.2) is 0 Å². The molecule has 0 saturated carbocycles. The molecule has 1 N–H and O–H groups in total. The number of carbonyl (C=O) groups is 1. The minimum atomic E-state index is -0.785. The van der Waals surface area contributed by atoms with E-state index >= 15 is 0 Å². The molecule has 0 amide bonds. The Morgan fingerprint density at radius 3 is 2.69 bits per heavy atom. The fourth-order valence-corrected chi connectivity index (χ4v) is 4.09. The van der Waals surface area contributed by atoms with Gasteiger partial charge in [0.05, 0.1) is 15.2 Å². The average Bonchev–Trinajstić information content (AvgIpc) is 2.95. The van der Waals surface area contributed by atoms with Crippen LogP contribution in [0.4, 0.5) is 0 Å². The first-order valence-corrected chi connectivity index (χ1v) is 9.54. The van der Waals surface area contributed by atoms with Gasteiger partial charge < -0.3 is 9.84 Å². The van der Waals surface area contributed by atoms with E-state index in [9.17, 15) is 4.79 Å². The zero-order valence-corrected chi connectivity index (χ0v) is 16.5. The third kappa shape index (κ3) is 4.00. The smallest absolute Gasteiger partial charge is 0.303 e. The van der Waals surface area contributed by atoms with Crippen molar-refractivity contribution >= 4 is 39.1 Å². The Balaban J connectivity index is 1.82. The molecular formula is C20H20ClNO3S. The standard InChI is InChI=1S/C20H20ClNO3S/c1-11-12(2)18(6-4-14(11)5-7-19(23)24)25-10-15-8-16(21)9-17-20(15)26-13(3)22-17/h4,6,8-9H,5,7,10H2,1-3H3,(H,23,24). The minimum absolute atomic E-state index is 0.131. The number of carboxylic acid groups (broad SMARTS) is 1. The van der Waals surface area contributed by atoms with Gasteiger partial charge in [-0.05, 0) is 62.1 Å². The first-order chi connectivity index (χ1) is 12.3. The van der Waals surface area contributed by atoms with Crippen LogP contribution in [0.15, 0.2) is 24.3 Å². The van der Waals surface area contributed by atoms with E-state index in [1.165, 1.54) is 0 Å². The van der Waals surface area contributed by atoms with Crippen molar-refractivity contribution in [1.29, 1.82) is 0 Å². The fraction of sp³-hybridized carbons (Fsp3) is 0.300. The molecule has 1 aromatic heterocycles. The summed E-state index contributed by atoms with van der Waals surface area (Å²) in [6.07, 6.45) is 0.656. The van der Waals surface area contributed by atoms with Gasteiger partial charge in [0, 0.05) is 17.0 Å². The van der Waals surface area contributed by atoms with Crippen molar-refractivity contribution in [2.45, 2.75) is 40.2 Å². The number of ether oxygens (including phenoxy) is 1. The molecule has 0 radical (unpaired) electrons. The lowest BCUT2D eigenvalue weighted by Crippen LogP contribution is -2.03. The molecule has 4 nitrogen and oxygen atoms in total. The lowest BCUT2D eigenvalue weighted by Gasteiger charge is -2.14. The van der Waals surface area contributed by atoms with E-state index < -0.39 is 5.97 Å². The number of halogens is 1. The molecule has 0 saturated heterocycles. The van der Waals surface area contributed by atoms with Crippen LogP contribution in [0.5, 0.6) is 5.75 Å². The number of aryl methyl sites for hydroxylation is 2. The number of aliphatic carboxylic acids is 1. The number of thiazole rings is 1. The van der Waals surface area contributed by atoms with Crippen LogP contribution in [0, 0.1) is 20.8 Å². The van der Waals surface area contributed by atoms with Crippen molar-refractivity contribution in [1.82, 2.24) is 4.98 Å². The summed E-state index contributed by atoms with van der Waals surface area (Å²) in [5.41, 5.74) is 5.07. The average molecular weight is 390 g/mol. The molecule has 3 aromatic rings. The van der Waals surface area contributed by atoms with Crippen LogP contribution < -0.4 is 4.74 Å². The quantitative estimate of drug-likeness (QED) is 0.607. The molecule has 3 rings (SSSR count). The van der Waals surface area contributed by atoms with Crippen LogP contribution in [-0.4, -0.2) is 16.1 Å². The van der Waals surface area contributed by atoms with Gasteiger partial charge in [-0.15, -0.1) is 11.3 Å². The van der Waals surface area contributed by atoms with E-state index in [0.717, 1.165) is 43.2 Å². The molecule has 2 aromatic carbocycles. The zero-order valence-electron chi connectivity index (χ0n) is 14.9. The lowest BCUT2D eigenvalue weighted by atomic mass is 9.99. The summed E-state index contributed by atoms with van der Waals surface area (Å²) in [5, 5.41) is 10.5. The van der Waals surface area contributed by atoms with Crippen molar-refractivity contribution in [3.8, 4) is 5.75 Å². The number of carboxylic acids is 1. The van der Waals surface area contributed by atoms with Gasteiger partial charge in [0.1, 0.15) is 12.4 Å². The normalized spacial score (nSPS) is 11.1. The Kier molecular flexibility index (Phi) is 5.49. The molecule has 26 heavy (non-hydrogen) atoms. The van der Waals surface area contributed by atoms with Crippen molar-refractivity contribution < 1.29 is 14.6 Å². The number of rotatable bonds is 6. The first kappa shape index (κ1) is 18.7. The van der Waals surface area contributed by atoms with Gasteiger partial charge in [-0.2, -0.15) is 0 Å². The molecule has 0 unspecified atom stereocenters. The number of aromatic nitrogens is 1. The van der Waals surface area contributed by atoms with E-state index in [0.29, 0.717) is 18.1 Å². The number of hydrogen-bond donors (Lipinski definition) is 1. The monoisotopic (exact) mass is 389 g/mol. The van der Waals surface area contributed by atoms with Gasteiger partial charge in [-0.1, -0.05) is 17.7 Å². The Labute approximate surface area is 161 Å². The maximum Gasteiger partial charge on any atom is 0.303 e. The van der Waals surface area contributed by atoms with Crippen LogP contribution in [0.1, 0.15) is 33.7 Å². The summed E-state index contributed by atoms with van der Waals surface area (Å²) in [6.45, 7) is 6.39. The fourth-order valence-electron chi connectivity index (χ4n) is 2.96. The van der Waals surface area contributed by atoms with Gasteiger partial charge in [-0.25, -0.2) is 4.98 Å². The Hall–Kier alpha value is -2.11. The van der Waals surface area contributed by atoms with E-state index in [1.807, 2.05) is 45.0 Å². The lowest BCUT2D eigenvalue weighted by molar-refractivity contribution is -0.136. The summed E-state index contributed by atoms with van der Waals surface area (Å²) < 4.78 is 7.16. The van der Waals surface area contributed by atoms with Crippen LogP contribution in [0.25, 0.3) is 10.2 Å². The third-order valence-electron chi connectivity index (χ3n) is 4.48. The highest BCUT2D eigenvalue weighted by atomic mass is 35.5. The van der Waals surface area contributed by atoms with Crippen molar-refractivity contribution in [2.75, 3.05) is 0 Å². The number of hydrogen-bond acceptors (Lipinski definition) is 4. The Morgan fingerprint density at radius 1 is 1.19 bits per heavy atom. The summed E-state index contributed by atoms with van der Waals surface area (Å²) in [6, 6.07) is 7.66. The molecule has 1 heterocycles. The van der Waals surface area contributed by atoms with E-state index in [4.69, 9.17) is 21.4 Å². The Morgan fingerprint density at radius 2 is 1.96 bits per heavy atom. The van der Waals surface area contributed by atoms with Crippen molar-refractivity contribution in [3.05, 3.63) is 56.5 Å². The van der Waals surface area contributed by atoms with Gasteiger partial charge in [0.25, 0.3) is 0 Å². The van der Waals surface area contributed by atoms with Gasteiger partial charge in [0.2, 0.25) is 0 Å². The Bertz CT molecular complexity index is 981. The highest BCUT2D eigenvalue weighted by Crippen LogP contribution is 2.31. The zero-order chi connectivity index (χ0) is 18.8.